The van der Waals surface area contributed by atoms with Crippen LogP contribution in [0.1, 0.15) is 69.2 Å². The Kier molecular flexibility index (Phi) is 20.1. The Morgan fingerprint density at radius 1 is 0.781 bits per heavy atom. The molecular formula is C54H63IN6O11S. The Balaban J connectivity index is 0.774. The second-order valence-corrected chi connectivity index (χ2v) is 18.7. The lowest BCUT2D eigenvalue weighted by Crippen LogP contribution is -2.35. The molecule has 2 heterocycles. The number of primary amides is 1. The smallest absolute Gasteiger partial charge is 0.340 e. The summed E-state index contributed by atoms with van der Waals surface area (Å²) in [6, 6.07) is 28.4. The lowest BCUT2D eigenvalue weighted by molar-refractivity contribution is -0.0113. The van der Waals surface area contributed by atoms with Crippen molar-refractivity contribution in [3.63, 3.8) is 0 Å². The molecular weight excluding hydrogens is 1070 g/mol. The van der Waals surface area contributed by atoms with Crippen LogP contribution >= 0.6 is 34.8 Å². The average molecular weight is 1130 g/mol. The fourth-order valence-corrected chi connectivity index (χ4v) is 9.37. The Labute approximate surface area is 445 Å². The van der Waals surface area contributed by atoms with Gasteiger partial charge in [0, 0.05) is 89.4 Å². The van der Waals surface area contributed by atoms with Crippen LogP contribution in [0.15, 0.2) is 109 Å². The molecule has 0 atom stereocenters. The number of aromatic hydroxyl groups is 2. The van der Waals surface area contributed by atoms with E-state index in [0.717, 1.165) is 33.4 Å². The minimum absolute atomic E-state index is 0.0142. The number of hydrogen-bond donors (Lipinski definition) is 6. The number of fused-ring (bicyclic) bond motifs is 6. The van der Waals surface area contributed by atoms with Crippen molar-refractivity contribution in [2.24, 2.45) is 5.73 Å². The van der Waals surface area contributed by atoms with Crippen molar-refractivity contribution >= 4 is 68.9 Å². The number of allylic oxidation sites excluding steroid dienone is 1. The number of halogens is 1. The molecule has 19 heteroatoms. The number of hydrazine groups is 1. The van der Waals surface area contributed by atoms with Crippen LogP contribution in [0.5, 0.6) is 23.0 Å². The van der Waals surface area contributed by atoms with Crippen LogP contribution < -0.4 is 31.5 Å². The van der Waals surface area contributed by atoms with Gasteiger partial charge in [-0.15, -0.1) is 0 Å². The van der Waals surface area contributed by atoms with Crippen LogP contribution in [0.3, 0.4) is 0 Å². The molecule has 0 saturated heterocycles. The molecule has 0 saturated carbocycles. The number of carbonyl (C=O) groups is 2. The van der Waals surface area contributed by atoms with E-state index in [1.807, 2.05) is 55.4 Å². The first-order valence-electron chi connectivity index (χ1n) is 24.2. The summed E-state index contributed by atoms with van der Waals surface area (Å²) in [5.74, 6) is -0.440. The second-order valence-electron chi connectivity index (χ2n) is 17.0. The van der Waals surface area contributed by atoms with Crippen molar-refractivity contribution in [2.75, 3.05) is 102 Å². The molecule has 7 rings (SSSR count). The average Bonchev–Trinajstić information content (AvgIpc) is 3.65. The Morgan fingerprint density at radius 3 is 1.97 bits per heavy atom. The quantitative estimate of drug-likeness (QED) is 0.00874. The topological polar surface area (TPSA) is 208 Å². The molecule has 73 heavy (non-hydrogen) atoms. The number of carbonyl (C=O) groups excluding carboxylic acids is 2. The highest BCUT2D eigenvalue weighted by molar-refractivity contribution is 14.1. The van der Waals surface area contributed by atoms with Crippen molar-refractivity contribution in [1.82, 2.24) is 10.3 Å². The number of anilines is 3. The normalized spacial score (nSPS) is 12.8. The maximum Gasteiger partial charge on any atom is 0.340 e. The summed E-state index contributed by atoms with van der Waals surface area (Å²) in [6.07, 6.45) is 2.19. The largest absolute Gasteiger partial charge is 0.508 e. The van der Waals surface area contributed by atoms with Gasteiger partial charge in [0.15, 0.2) is 10.7 Å². The standard InChI is InChI=1S/C54H63IN6O11S/c1-4-36(2)61(57-3)40-11-14-43(51(56)64)48(32-40)58-18-6-20-66-22-24-68-26-28-70-29-27-69-25-23-67-21-7-19-60(35-37-8-5-9-38(55)30-37)53(73)59-39-10-15-45-44(31-39)52(65)72-54(45)46-16-12-41(62)33-49(46)71-50-34-42(63)13-17-47(50)54/h5,8-17,30-34,57-58,62-63H,2,4,6-7,18-29,35H2,1,3H3,(H2,56,64)(H,59,73). The number of nitrogens with zero attached hydrogens (tertiary/aromatic N) is 2. The van der Waals surface area contributed by atoms with Gasteiger partial charge in [-0.05, 0) is 126 Å². The monoisotopic (exact) mass is 1130 g/mol. The summed E-state index contributed by atoms with van der Waals surface area (Å²) in [5, 5.41) is 29.6. The number of phenolic OH excluding ortho intramolecular Hbond substituents is 2. The van der Waals surface area contributed by atoms with Crippen molar-refractivity contribution in [3.8, 4) is 23.0 Å². The maximum absolute atomic E-state index is 13.7. The van der Waals surface area contributed by atoms with Crippen molar-refractivity contribution in [3.05, 3.63) is 146 Å². The number of ether oxygens (including phenoxy) is 7. The third kappa shape index (κ3) is 14.2. The summed E-state index contributed by atoms with van der Waals surface area (Å²) in [6.45, 7) is 12.4. The molecule has 0 unspecified atom stereocenters. The molecule has 0 radical (unpaired) electrons. The summed E-state index contributed by atoms with van der Waals surface area (Å²) < 4.78 is 42.0. The number of amides is 1. The summed E-state index contributed by atoms with van der Waals surface area (Å²) in [4.78, 5) is 27.8. The molecule has 2 aliphatic rings. The van der Waals surface area contributed by atoms with Gasteiger partial charge < -0.3 is 64.6 Å². The van der Waals surface area contributed by atoms with E-state index in [1.165, 1.54) is 24.3 Å². The van der Waals surface area contributed by atoms with Gasteiger partial charge in [0.25, 0.3) is 5.91 Å². The predicted molar refractivity (Wildman–Crippen MR) is 292 cm³/mol. The zero-order chi connectivity index (χ0) is 51.7. The Morgan fingerprint density at radius 2 is 1.38 bits per heavy atom. The van der Waals surface area contributed by atoms with Gasteiger partial charge in [-0.3, -0.25) is 9.80 Å². The van der Waals surface area contributed by atoms with Crippen molar-refractivity contribution in [1.29, 1.82) is 0 Å². The predicted octanol–water partition coefficient (Wildman–Crippen LogP) is 8.41. The highest BCUT2D eigenvalue weighted by Crippen LogP contribution is 2.57. The zero-order valence-electron chi connectivity index (χ0n) is 41.1. The Hall–Kier alpha value is -6.04. The first-order valence-corrected chi connectivity index (χ1v) is 25.6. The lowest BCUT2D eigenvalue weighted by atomic mass is 9.77. The zero-order valence-corrected chi connectivity index (χ0v) is 44.1. The van der Waals surface area contributed by atoms with Crippen molar-refractivity contribution in [2.45, 2.75) is 38.3 Å². The van der Waals surface area contributed by atoms with Crippen LogP contribution in [-0.2, 0) is 40.6 Å². The third-order valence-electron chi connectivity index (χ3n) is 12.0. The fraction of sp³-hybridized carbons (Fsp3) is 0.352. The Bertz CT molecular complexity index is 2680. The van der Waals surface area contributed by atoms with E-state index < -0.39 is 17.5 Å². The molecule has 0 bridgehead atoms. The van der Waals surface area contributed by atoms with Crippen LogP contribution in [0.2, 0.25) is 0 Å². The van der Waals surface area contributed by atoms with E-state index in [1.54, 1.807) is 24.3 Å². The van der Waals surface area contributed by atoms with Gasteiger partial charge in [-0.25, -0.2) is 10.2 Å². The molecule has 1 spiro atoms. The molecule has 1 amide bonds. The highest BCUT2D eigenvalue weighted by atomic mass is 127. The minimum atomic E-state index is -1.36. The summed E-state index contributed by atoms with van der Waals surface area (Å²) >= 11 is 8.28. The van der Waals surface area contributed by atoms with Gasteiger partial charge in [0.1, 0.15) is 23.0 Å². The van der Waals surface area contributed by atoms with Crippen molar-refractivity contribution < 1.29 is 53.0 Å². The number of thiocarbonyl (C=S) groups is 1. The number of rotatable bonds is 29. The van der Waals surface area contributed by atoms with Crippen LogP contribution in [-0.4, -0.2) is 118 Å². The molecule has 0 fully saturated rings. The third-order valence-corrected chi connectivity index (χ3v) is 13.1. The minimum Gasteiger partial charge on any atom is -0.508 e. The van der Waals surface area contributed by atoms with Gasteiger partial charge in [-0.2, -0.15) is 0 Å². The lowest BCUT2D eigenvalue weighted by Gasteiger charge is -2.36. The van der Waals surface area contributed by atoms with E-state index >= 15 is 0 Å². The highest BCUT2D eigenvalue weighted by Gasteiger charge is 2.53. The number of hydrogen-bond acceptors (Lipinski definition) is 15. The molecule has 5 aromatic rings. The van der Waals surface area contributed by atoms with E-state index in [9.17, 15) is 19.8 Å². The molecule has 7 N–H and O–H groups in total. The number of esters is 1. The van der Waals surface area contributed by atoms with E-state index in [0.29, 0.717) is 148 Å². The first-order chi connectivity index (χ1) is 35.4. The van der Waals surface area contributed by atoms with E-state index in [-0.39, 0.29) is 11.5 Å². The molecule has 0 aromatic heterocycles. The van der Waals surface area contributed by atoms with Crippen LogP contribution in [0, 0.1) is 3.57 Å². The number of phenols is 2. The number of benzene rings is 5. The van der Waals surface area contributed by atoms with Gasteiger partial charge >= 0.3 is 5.97 Å². The number of nitrogens with one attached hydrogen (secondary N) is 3. The van der Waals surface area contributed by atoms with E-state index in [2.05, 4.69) is 62.3 Å². The van der Waals surface area contributed by atoms with Crippen LogP contribution in [0.4, 0.5) is 17.1 Å². The number of nitrogens with two attached hydrogens (primary N) is 1. The fourth-order valence-electron chi connectivity index (χ4n) is 8.49. The summed E-state index contributed by atoms with van der Waals surface area (Å²) in [5.41, 5.74) is 13.9. The molecule has 17 nitrogen and oxygen atoms in total. The van der Waals surface area contributed by atoms with Gasteiger partial charge in [0.05, 0.1) is 69.7 Å². The second kappa shape index (κ2) is 26.8. The van der Waals surface area contributed by atoms with E-state index in [4.69, 9.17) is 51.1 Å². The molecule has 5 aromatic carbocycles. The maximum atomic E-state index is 13.7. The van der Waals surface area contributed by atoms with Gasteiger partial charge in [0.2, 0.25) is 0 Å². The van der Waals surface area contributed by atoms with Crippen LogP contribution in [0.25, 0.3) is 0 Å². The molecule has 2 aliphatic heterocycles. The molecule has 0 aliphatic carbocycles. The summed E-state index contributed by atoms with van der Waals surface area (Å²) in [7, 11) is 1.82. The molecule has 388 valence electrons. The van der Waals surface area contributed by atoms with Gasteiger partial charge in [-0.1, -0.05) is 31.7 Å². The first kappa shape index (κ1) is 54.7. The SMILES string of the molecule is C=C(CC)N(NC)c1ccc(C(N)=O)c(NCCCOCCOCCOCCOCCOCCCN(Cc2cccc(I)c2)C(=S)Nc2ccc3c(c2)C(=O)OC32c3ccc(O)cc3Oc3cc(O)ccc32)c1.